The summed E-state index contributed by atoms with van der Waals surface area (Å²) in [5.74, 6) is 2.50. The zero-order chi connectivity index (χ0) is 20.2. The Morgan fingerprint density at radius 3 is 2.62 bits per heavy atom. The summed E-state index contributed by atoms with van der Waals surface area (Å²) >= 11 is 6.22. The lowest BCUT2D eigenvalue weighted by atomic mass is 10.3. The van der Waals surface area contributed by atoms with Gasteiger partial charge < -0.3 is 24.4 Å². The molecule has 0 radical (unpaired) electrons. The average Bonchev–Trinajstić information content (AvgIpc) is 3.22. The molecule has 1 aliphatic heterocycles. The Labute approximate surface area is 173 Å². The molecule has 3 heterocycles. The molecule has 10 heteroatoms. The molecule has 9 nitrogen and oxygen atoms in total. The number of nitrogens with one attached hydrogen (secondary N) is 1. The minimum Gasteiger partial charge on any atom is -0.493 e. The van der Waals surface area contributed by atoms with Crippen LogP contribution in [0.1, 0.15) is 0 Å². The maximum absolute atomic E-state index is 6.22. The Morgan fingerprint density at radius 2 is 1.86 bits per heavy atom. The molecule has 0 spiro atoms. The lowest BCUT2D eigenvalue weighted by molar-refractivity contribution is 0.122. The Kier molecular flexibility index (Phi) is 5.68. The van der Waals surface area contributed by atoms with Gasteiger partial charge in [0.1, 0.15) is 17.3 Å². The largest absolute Gasteiger partial charge is 0.493 e. The van der Waals surface area contributed by atoms with Crippen LogP contribution < -0.4 is 19.7 Å². The first-order valence-electron chi connectivity index (χ1n) is 9.07. The predicted octanol–water partition coefficient (Wildman–Crippen LogP) is 2.91. The number of aromatic nitrogens is 4. The normalized spacial score (nSPS) is 14.0. The number of benzene rings is 1. The third kappa shape index (κ3) is 4.36. The van der Waals surface area contributed by atoms with Crippen molar-refractivity contribution in [3.05, 3.63) is 41.8 Å². The average molecular weight is 417 g/mol. The number of pyridine rings is 1. The molecule has 0 atom stereocenters. The van der Waals surface area contributed by atoms with Gasteiger partial charge in [-0.2, -0.15) is 4.98 Å². The topological polar surface area (TPSA) is 86.6 Å². The van der Waals surface area contributed by atoms with Gasteiger partial charge in [0.05, 0.1) is 33.1 Å². The van der Waals surface area contributed by atoms with E-state index in [1.165, 1.54) is 0 Å². The van der Waals surface area contributed by atoms with Gasteiger partial charge in [0.2, 0.25) is 5.95 Å². The van der Waals surface area contributed by atoms with Gasteiger partial charge in [-0.1, -0.05) is 11.6 Å². The monoisotopic (exact) mass is 416 g/mol. The smallest absolute Gasteiger partial charge is 0.246 e. The predicted molar refractivity (Wildman–Crippen MR) is 110 cm³/mol. The van der Waals surface area contributed by atoms with E-state index in [1.807, 2.05) is 24.3 Å². The van der Waals surface area contributed by atoms with Crippen LogP contribution in [0.4, 0.5) is 17.5 Å². The molecule has 3 aromatic rings. The summed E-state index contributed by atoms with van der Waals surface area (Å²) in [5, 5.41) is 8.06. The van der Waals surface area contributed by atoms with Gasteiger partial charge in [0.15, 0.2) is 11.5 Å². The minimum atomic E-state index is 0.399. The van der Waals surface area contributed by atoms with Crippen LogP contribution in [-0.4, -0.2) is 60.3 Å². The summed E-state index contributed by atoms with van der Waals surface area (Å²) < 4.78 is 17.7. The summed E-state index contributed by atoms with van der Waals surface area (Å²) in [7, 11) is 3.19. The van der Waals surface area contributed by atoms with Crippen LogP contribution in [0, 0.1) is 0 Å². The number of ether oxygens (including phenoxy) is 3. The summed E-state index contributed by atoms with van der Waals surface area (Å²) in [6, 6.07) is 9.19. The van der Waals surface area contributed by atoms with Crippen LogP contribution in [0.3, 0.4) is 0 Å². The Bertz CT molecular complexity index is 990. The molecule has 1 fully saturated rings. The summed E-state index contributed by atoms with van der Waals surface area (Å²) in [5.41, 5.74) is 1.56. The van der Waals surface area contributed by atoms with E-state index in [4.69, 9.17) is 25.8 Å². The van der Waals surface area contributed by atoms with Gasteiger partial charge in [-0.05, 0) is 18.2 Å². The molecule has 0 bridgehead atoms. The lowest BCUT2D eigenvalue weighted by Crippen LogP contribution is -2.36. The van der Waals surface area contributed by atoms with Crippen LogP contribution in [0.5, 0.6) is 11.5 Å². The fourth-order valence-corrected chi connectivity index (χ4v) is 3.26. The molecule has 0 saturated carbocycles. The highest BCUT2D eigenvalue weighted by Gasteiger charge is 2.15. The van der Waals surface area contributed by atoms with Crippen LogP contribution >= 0.6 is 11.6 Å². The first kappa shape index (κ1) is 19.3. The number of anilines is 3. The van der Waals surface area contributed by atoms with E-state index in [0.29, 0.717) is 35.8 Å². The zero-order valence-electron chi connectivity index (χ0n) is 16.1. The molecule has 0 aliphatic carbocycles. The van der Waals surface area contributed by atoms with Crippen LogP contribution in [0.15, 0.2) is 36.7 Å². The van der Waals surface area contributed by atoms with Crippen LogP contribution in [0.25, 0.3) is 5.69 Å². The highest BCUT2D eigenvalue weighted by atomic mass is 35.5. The van der Waals surface area contributed by atoms with Crippen molar-refractivity contribution in [2.24, 2.45) is 0 Å². The van der Waals surface area contributed by atoms with Gasteiger partial charge in [0.25, 0.3) is 0 Å². The number of hydrogen-bond acceptors (Lipinski definition) is 8. The van der Waals surface area contributed by atoms with Crippen molar-refractivity contribution in [2.45, 2.75) is 0 Å². The molecule has 1 aliphatic rings. The van der Waals surface area contributed by atoms with E-state index in [2.05, 4.69) is 25.3 Å². The van der Waals surface area contributed by atoms with E-state index < -0.39 is 0 Å². The summed E-state index contributed by atoms with van der Waals surface area (Å²) in [6.07, 6.45) is 1.62. The quantitative estimate of drug-likeness (QED) is 0.614. The van der Waals surface area contributed by atoms with E-state index in [1.54, 1.807) is 31.3 Å². The molecule has 1 N–H and O–H groups in total. The van der Waals surface area contributed by atoms with Gasteiger partial charge in [-0.3, -0.25) is 0 Å². The Balaban J connectivity index is 1.54. The number of nitrogens with zero attached hydrogens (tertiary/aromatic N) is 5. The molecule has 1 saturated heterocycles. The number of hydrogen-bond donors (Lipinski definition) is 1. The number of morpholine rings is 1. The first-order chi connectivity index (χ1) is 14.2. The Hall–Kier alpha value is -3.04. The molecule has 0 unspecified atom stereocenters. The maximum atomic E-state index is 6.22. The summed E-state index contributed by atoms with van der Waals surface area (Å²) in [4.78, 5) is 10.9. The molecular weight excluding hydrogens is 396 g/mol. The number of methoxy groups -OCH3 is 2. The van der Waals surface area contributed by atoms with Crippen molar-refractivity contribution >= 4 is 29.1 Å². The SMILES string of the molecule is COc1ccc(-n2cnc(Nc3cc(Cl)nc(N4CCOCC4)c3)n2)cc1OC. The molecular formula is C19H21ClN6O3. The van der Waals surface area contributed by atoms with E-state index >= 15 is 0 Å². The van der Waals surface area contributed by atoms with E-state index in [0.717, 1.165) is 30.3 Å². The van der Waals surface area contributed by atoms with E-state index in [9.17, 15) is 0 Å². The molecule has 4 rings (SSSR count). The molecule has 1 aromatic carbocycles. The molecule has 0 amide bonds. The molecule has 29 heavy (non-hydrogen) atoms. The third-order valence-electron chi connectivity index (χ3n) is 4.50. The lowest BCUT2D eigenvalue weighted by Gasteiger charge is -2.28. The molecule has 2 aromatic heterocycles. The van der Waals surface area contributed by atoms with Gasteiger partial charge in [-0.15, -0.1) is 5.10 Å². The standard InChI is InChI=1S/C19H21ClN6O3/c1-27-15-4-3-14(11-16(15)28-2)26-12-21-19(24-26)22-13-9-17(20)23-18(10-13)25-5-7-29-8-6-25/h3-4,9-12H,5-8H2,1-2H3,(H,22,23,24). The van der Waals surface area contributed by atoms with Crippen LogP contribution in [0.2, 0.25) is 5.15 Å². The third-order valence-corrected chi connectivity index (χ3v) is 4.69. The maximum Gasteiger partial charge on any atom is 0.246 e. The van der Waals surface area contributed by atoms with Crippen molar-refractivity contribution in [2.75, 3.05) is 50.7 Å². The van der Waals surface area contributed by atoms with Crippen molar-refractivity contribution in [3.8, 4) is 17.2 Å². The van der Waals surface area contributed by atoms with Crippen LogP contribution in [-0.2, 0) is 4.74 Å². The van der Waals surface area contributed by atoms with Gasteiger partial charge >= 0.3 is 0 Å². The summed E-state index contributed by atoms with van der Waals surface area (Å²) in [6.45, 7) is 2.90. The molecule has 152 valence electrons. The van der Waals surface area contributed by atoms with Crippen molar-refractivity contribution in [1.29, 1.82) is 0 Å². The van der Waals surface area contributed by atoms with Crippen molar-refractivity contribution in [3.63, 3.8) is 0 Å². The highest BCUT2D eigenvalue weighted by Crippen LogP contribution is 2.29. The fraction of sp³-hybridized carbons (Fsp3) is 0.316. The minimum absolute atomic E-state index is 0.399. The highest BCUT2D eigenvalue weighted by molar-refractivity contribution is 6.29. The second-order valence-corrected chi connectivity index (χ2v) is 6.70. The number of halogens is 1. The zero-order valence-corrected chi connectivity index (χ0v) is 16.9. The van der Waals surface area contributed by atoms with Gasteiger partial charge in [0, 0.05) is 30.9 Å². The second-order valence-electron chi connectivity index (χ2n) is 6.31. The van der Waals surface area contributed by atoms with E-state index in [-0.39, 0.29) is 0 Å². The van der Waals surface area contributed by atoms with Gasteiger partial charge in [-0.25, -0.2) is 9.67 Å². The number of rotatable bonds is 6. The van der Waals surface area contributed by atoms with Crippen molar-refractivity contribution in [1.82, 2.24) is 19.7 Å². The first-order valence-corrected chi connectivity index (χ1v) is 9.45. The Morgan fingerprint density at radius 1 is 1.07 bits per heavy atom. The fourth-order valence-electron chi connectivity index (χ4n) is 3.05. The van der Waals surface area contributed by atoms with Crippen molar-refractivity contribution < 1.29 is 14.2 Å². The second kappa shape index (κ2) is 8.54.